The van der Waals surface area contributed by atoms with Gasteiger partial charge in [-0.3, -0.25) is 4.79 Å². The molecule has 1 aliphatic rings. The Labute approximate surface area is 157 Å². The maximum atomic E-state index is 12.3. The Balaban J connectivity index is 1.51. The number of benzene rings is 2. The van der Waals surface area contributed by atoms with Crippen LogP contribution in [0, 0.1) is 0 Å². The molecule has 2 aromatic rings. The zero-order valence-electron chi connectivity index (χ0n) is 14.7. The van der Waals surface area contributed by atoms with E-state index in [0.717, 1.165) is 11.3 Å². The first-order valence-electron chi connectivity index (χ1n) is 8.51. The van der Waals surface area contributed by atoms with Gasteiger partial charge < -0.3 is 9.64 Å². The second kappa shape index (κ2) is 8.72. The van der Waals surface area contributed by atoms with Gasteiger partial charge in [0.1, 0.15) is 0 Å². The topological polar surface area (TPSA) is 46.6 Å². The maximum absolute atomic E-state index is 12.3. The van der Waals surface area contributed by atoms with Crippen molar-refractivity contribution in [2.75, 3.05) is 26.0 Å². The number of hydrogen-bond donors (Lipinski definition) is 0. The van der Waals surface area contributed by atoms with Crippen LogP contribution in [0.2, 0.25) is 0 Å². The normalized spacial score (nSPS) is 13.9. The molecule has 134 valence electrons. The molecule has 3 rings (SSSR count). The van der Waals surface area contributed by atoms with E-state index < -0.39 is 5.97 Å². The predicted octanol–water partition coefficient (Wildman–Crippen LogP) is 3.88. The summed E-state index contributed by atoms with van der Waals surface area (Å²) in [7, 11) is 0. The molecule has 0 aromatic heterocycles. The number of nitrogens with zero attached hydrogens (tertiary/aromatic N) is 1. The highest BCUT2D eigenvalue weighted by atomic mass is 32.2. The van der Waals surface area contributed by atoms with E-state index in [1.807, 2.05) is 36.6 Å². The van der Waals surface area contributed by atoms with Gasteiger partial charge in [0.25, 0.3) is 5.91 Å². The first-order valence-corrected chi connectivity index (χ1v) is 9.73. The summed E-state index contributed by atoms with van der Waals surface area (Å²) < 4.78 is 5.17. The van der Waals surface area contributed by atoms with Crippen molar-refractivity contribution in [1.29, 1.82) is 0 Å². The molecule has 1 heterocycles. The molecule has 0 aliphatic carbocycles. The smallest absolute Gasteiger partial charge is 0.338 e. The highest BCUT2D eigenvalue weighted by Crippen LogP contribution is 2.22. The third kappa shape index (κ3) is 4.55. The van der Waals surface area contributed by atoms with Crippen molar-refractivity contribution in [3.63, 3.8) is 0 Å². The number of carbonyl (C=O) groups is 2. The van der Waals surface area contributed by atoms with Crippen molar-refractivity contribution in [3.05, 3.63) is 71.8 Å². The van der Waals surface area contributed by atoms with Crippen LogP contribution in [-0.2, 0) is 9.53 Å². The molecule has 1 aliphatic heterocycles. The predicted molar refractivity (Wildman–Crippen MR) is 104 cm³/mol. The molecule has 0 N–H and O–H groups in total. The minimum atomic E-state index is -0.469. The van der Waals surface area contributed by atoms with Crippen molar-refractivity contribution in [2.24, 2.45) is 0 Å². The Bertz CT molecular complexity index is 800. The summed E-state index contributed by atoms with van der Waals surface area (Å²) in [4.78, 5) is 27.1. The van der Waals surface area contributed by atoms with Gasteiger partial charge in [-0.1, -0.05) is 36.4 Å². The SMILES string of the molecule is CSc1ccc(C(=O)OCC(=O)N2CC=C(c3ccccc3)CC2)cc1. The van der Waals surface area contributed by atoms with Crippen molar-refractivity contribution in [1.82, 2.24) is 4.90 Å². The molecule has 1 amide bonds. The Kier molecular flexibility index (Phi) is 6.12. The Morgan fingerprint density at radius 2 is 1.81 bits per heavy atom. The molecule has 0 radical (unpaired) electrons. The molecule has 0 spiro atoms. The van der Waals surface area contributed by atoms with Crippen LogP contribution in [0.1, 0.15) is 22.3 Å². The van der Waals surface area contributed by atoms with Crippen LogP contribution in [0.25, 0.3) is 5.57 Å². The number of amides is 1. The van der Waals surface area contributed by atoms with E-state index in [1.54, 1.807) is 28.8 Å². The Morgan fingerprint density at radius 3 is 2.42 bits per heavy atom. The van der Waals surface area contributed by atoms with Crippen molar-refractivity contribution in [2.45, 2.75) is 11.3 Å². The average molecular weight is 367 g/mol. The van der Waals surface area contributed by atoms with Crippen LogP contribution >= 0.6 is 11.8 Å². The molecular weight excluding hydrogens is 346 g/mol. The summed E-state index contributed by atoms with van der Waals surface area (Å²) in [5.74, 6) is -0.633. The maximum Gasteiger partial charge on any atom is 0.338 e. The van der Waals surface area contributed by atoms with Gasteiger partial charge in [0, 0.05) is 18.0 Å². The summed E-state index contributed by atoms with van der Waals surface area (Å²) in [6, 6.07) is 17.3. The highest BCUT2D eigenvalue weighted by Gasteiger charge is 2.19. The van der Waals surface area contributed by atoms with E-state index >= 15 is 0 Å². The van der Waals surface area contributed by atoms with Crippen molar-refractivity contribution < 1.29 is 14.3 Å². The van der Waals surface area contributed by atoms with Gasteiger partial charge >= 0.3 is 5.97 Å². The Hall–Kier alpha value is -2.53. The summed E-state index contributed by atoms with van der Waals surface area (Å²) in [6.07, 6.45) is 4.85. The average Bonchev–Trinajstić information content (AvgIpc) is 2.72. The number of hydrogen-bond acceptors (Lipinski definition) is 4. The van der Waals surface area contributed by atoms with Gasteiger partial charge in [-0.05, 0) is 48.1 Å². The lowest BCUT2D eigenvalue weighted by atomic mass is 10.00. The summed E-state index contributed by atoms with van der Waals surface area (Å²) in [5, 5.41) is 0. The van der Waals surface area contributed by atoms with Crippen LogP contribution in [-0.4, -0.2) is 42.7 Å². The molecule has 5 heteroatoms. The lowest BCUT2D eigenvalue weighted by molar-refractivity contribution is -0.134. The molecular formula is C21H21NO3S. The van der Waals surface area contributed by atoms with E-state index in [2.05, 4.69) is 18.2 Å². The number of carbonyl (C=O) groups excluding carboxylic acids is 2. The minimum absolute atomic E-state index is 0.164. The van der Waals surface area contributed by atoms with Gasteiger partial charge in [-0.15, -0.1) is 11.8 Å². The summed E-state index contributed by atoms with van der Waals surface area (Å²) >= 11 is 1.61. The monoisotopic (exact) mass is 367 g/mol. The second-order valence-electron chi connectivity index (χ2n) is 5.99. The molecule has 0 unspecified atom stereocenters. The van der Waals surface area contributed by atoms with Gasteiger partial charge in [0.15, 0.2) is 6.61 Å². The van der Waals surface area contributed by atoms with Crippen LogP contribution in [0.5, 0.6) is 0 Å². The molecule has 0 saturated carbocycles. The van der Waals surface area contributed by atoms with Gasteiger partial charge in [-0.2, -0.15) is 0 Å². The number of thioether (sulfide) groups is 1. The lowest BCUT2D eigenvalue weighted by Gasteiger charge is -2.26. The van der Waals surface area contributed by atoms with Crippen LogP contribution < -0.4 is 0 Å². The number of esters is 1. The minimum Gasteiger partial charge on any atom is -0.452 e. The first kappa shape index (κ1) is 18.3. The van der Waals surface area contributed by atoms with Crippen LogP contribution in [0.3, 0.4) is 0 Å². The molecule has 0 atom stereocenters. The standard InChI is InChI=1S/C21H21NO3S/c1-26-19-9-7-18(8-10-19)21(24)25-15-20(23)22-13-11-17(12-14-22)16-5-3-2-4-6-16/h2-11H,12-15H2,1H3. The largest absolute Gasteiger partial charge is 0.452 e. The van der Waals surface area contributed by atoms with E-state index in [1.165, 1.54) is 11.1 Å². The molecule has 26 heavy (non-hydrogen) atoms. The van der Waals surface area contributed by atoms with Crippen LogP contribution in [0.15, 0.2) is 65.6 Å². The molecule has 2 aromatic carbocycles. The van der Waals surface area contributed by atoms with Gasteiger partial charge in [0.05, 0.1) is 5.56 Å². The van der Waals surface area contributed by atoms with Gasteiger partial charge in [-0.25, -0.2) is 4.79 Å². The number of ether oxygens (including phenoxy) is 1. The fourth-order valence-electron chi connectivity index (χ4n) is 2.84. The highest BCUT2D eigenvalue weighted by molar-refractivity contribution is 7.98. The summed E-state index contributed by atoms with van der Waals surface area (Å²) in [6.45, 7) is 0.959. The quantitative estimate of drug-likeness (QED) is 0.594. The van der Waals surface area contributed by atoms with E-state index in [4.69, 9.17) is 4.74 Å². The zero-order chi connectivity index (χ0) is 18.4. The third-order valence-corrected chi connectivity index (χ3v) is 5.10. The zero-order valence-corrected chi connectivity index (χ0v) is 15.5. The first-order chi connectivity index (χ1) is 12.7. The fourth-order valence-corrected chi connectivity index (χ4v) is 3.25. The van der Waals surface area contributed by atoms with Crippen molar-refractivity contribution in [3.8, 4) is 0 Å². The Morgan fingerprint density at radius 1 is 1.08 bits per heavy atom. The number of rotatable bonds is 5. The summed E-state index contributed by atoms with van der Waals surface area (Å²) in [5.41, 5.74) is 2.90. The molecule has 0 fully saturated rings. The molecule has 4 nitrogen and oxygen atoms in total. The van der Waals surface area contributed by atoms with Crippen LogP contribution in [0.4, 0.5) is 0 Å². The van der Waals surface area contributed by atoms with Gasteiger partial charge in [0.2, 0.25) is 0 Å². The lowest BCUT2D eigenvalue weighted by Crippen LogP contribution is -2.37. The fraction of sp³-hybridized carbons (Fsp3) is 0.238. The second-order valence-corrected chi connectivity index (χ2v) is 6.87. The molecule has 0 saturated heterocycles. The van der Waals surface area contributed by atoms with E-state index in [-0.39, 0.29) is 12.5 Å². The van der Waals surface area contributed by atoms with Crippen molar-refractivity contribution >= 4 is 29.2 Å². The van der Waals surface area contributed by atoms with E-state index in [0.29, 0.717) is 18.7 Å². The molecule has 0 bridgehead atoms. The van der Waals surface area contributed by atoms with E-state index in [9.17, 15) is 9.59 Å². The third-order valence-electron chi connectivity index (χ3n) is 4.36.